The van der Waals surface area contributed by atoms with Gasteiger partial charge < -0.3 is 9.47 Å². The molecule has 0 fully saturated rings. The van der Waals surface area contributed by atoms with Crippen molar-refractivity contribution in [2.75, 3.05) is 14.2 Å². The Labute approximate surface area is 174 Å². The van der Waals surface area contributed by atoms with E-state index in [4.69, 9.17) is 9.47 Å². The monoisotopic (exact) mass is 430 g/mol. The molecular formula is C20H22N4O5S. The van der Waals surface area contributed by atoms with Gasteiger partial charge in [-0.2, -0.15) is 5.10 Å². The second-order valence-electron chi connectivity index (χ2n) is 6.36. The van der Waals surface area contributed by atoms with Crippen molar-refractivity contribution in [1.82, 2.24) is 19.5 Å². The third-order valence-corrected chi connectivity index (χ3v) is 5.79. The van der Waals surface area contributed by atoms with Crippen molar-refractivity contribution in [3.05, 3.63) is 65.7 Å². The lowest BCUT2D eigenvalue weighted by atomic mass is 10.2. The molecule has 0 saturated heterocycles. The largest absolute Gasteiger partial charge is 0.496 e. The third-order valence-electron chi connectivity index (χ3n) is 4.44. The number of nitrogens with one attached hydrogen (secondary N) is 1. The van der Waals surface area contributed by atoms with E-state index < -0.39 is 15.9 Å². The first-order chi connectivity index (χ1) is 14.4. The van der Waals surface area contributed by atoms with Crippen molar-refractivity contribution in [2.24, 2.45) is 0 Å². The van der Waals surface area contributed by atoms with Gasteiger partial charge in [0, 0.05) is 30.2 Å². The van der Waals surface area contributed by atoms with E-state index in [0.717, 1.165) is 5.56 Å². The van der Waals surface area contributed by atoms with Crippen molar-refractivity contribution >= 4 is 15.9 Å². The van der Waals surface area contributed by atoms with Gasteiger partial charge in [-0.3, -0.25) is 14.5 Å². The topological polar surface area (TPSA) is 112 Å². The standard InChI is InChI=1S/C20H22N4O5S/c1-4-14-6-7-17(28-2)19(10-14)30(26,27)23-20(25)16-11-18(29-3)15(12-21-16)13-24-9-5-8-22-24/h5-12H,4,13H2,1-3H3,(H,23,25). The number of carbonyl (C=O) groups is 1. The predicted octanol–water partition coefficient (Wildman–Crippen LogP) is 2.02. The molecule has 0 aliphatic carbocycles. The number of hydrogen-bond acceptors (Lipinski definition) is 7. The Morgan fingerprint density at radius 3 is 2.57 bits per heavy atom. The maximum Gasteiger partial charge on any atom is 0.283 e. The number of sulfonamides is 1. The van der Waals surface area contributed by atoms with Crippen LogP contribution < -0.4 is 14.2 Å². The number of aromatic nitrogens is 3. The Morgan fingerprint density at radius 1 is 1.17 bits per heavy atom. The van der Waals surface area contributed by atoms with Crippen LogP contribution in [0.5, 0.6) is 11.5 Å². The van der Waals surface area contributed by atoms with Gasteiger partial charge in [0.2, 0.25) is 0 Å². The summed E-state index contributed by atoms with van der Waals surface area (Å²) in [6.45, 7) is 2.29. The maximum atomic E-state index is 12.8. The normalized spacial score (nSPS) is 11.2. The smallest absolute Gasteiger partial charge is 0.283 e. The number of pyridine rings is 1. The fourth-order valence-corrected chi connectivity index (χ4v) is 4.03. The Balaban J connectivity index is 1.86. The number of hydrogen-bond donors (Lipinski definition) is 1. The minimum absolute atomic E-state index is 0.0924. The molecule has 2 aromatic heterocycles. The van der Waals surface area contributed by atoms with Gasteiger partial charge in [0.15, 0.2) is 0 Å². The van der Waals surface area contributed by atoms with Crippen LogP contribution in [-0.2, 0) is 23.0 Å². The highest BCUT2D eigenvalue weighted by atomic mass is 32.2. The zero-order valence-corrected chi connectivity index (χ0v) is 17.6. The first-order valence-corrected chi connectivity index (χ1v) is 10.6. The summed E-state index contributed by atoms with van der Waals surface area (Å²) in [5, 5.41) is 4.12. The van der Waals surface area contributed by atoms with Gasteiger partial charge in [-0.1, -0.05) is 13.0 Å². The van der Waals surface area contributed by atoms with E-state index in [1.807, 2.05) is 11.6 Å². The molecule has 0 aliphatic rings. The van der Waals surface area contributed by atoms with E-state index >= 15 is 0 Å². The molecule has 0 saturated carbocycles. The first kappa shape index (κ1) is 21.3. The number of nitrogens with zero attached hydrogens (tertiary/aromatic N) is 3. The van der Waals surface area contributed by atoms with Gasteiger partial charge in [-0.15, -0.1) is 0 Å². The molecule has 10 heteroatoms. The van der Waals surface area contributed by atoms with E-state index in [1.165, 1.54) is 32.5 Å². The molecule has 158 valence electrons. The van der Waals surface area contributed by atoms with Gasteiger partial charge in [0.1, 0.15) is 22.1 Å². The molecule has 0 atom stereocenters. The molecule has 3 aromatic rings. The number of aryl methyl sites for hydroxylation is 1. The highest BCUT2D eigenvalue weighted by molar-refractivity contribution is 7.90. The number of ether oxygens (including phenoxy) is 2. The molecule has 3 rings (SSSR count). The van der Waals surface area contributed by atoms with Crippen LogP contribution in [0.25, 0.3) is 0 Å². The molecule has 1 aromatic carbocycles. The summed E-state index contributed by atoms with van der Waals surface area (Å²) < 4.78 is 39.8. The molecular weight excluding hydrogens is 408 g/mol. The molecule has 0 bridgehead atoms. The van der Waals surface area contributed by atoms with Crippen LogP contribution in [0, 0.1) is 0 Å². The van der Waals surface area contributed by atoms with E-state index in [0.29, 0.717) is 24.3 Å². The minimum atomic E-state index is -4.17. The second-order valence-corrected chi connectivity index (χ2v) is 8.01. The summed E-state index contributed by atoms with van der Waals surface area (Å²) >= 11 is 0. The first-order valence-electron chi connectivity index (χ1n) is 9.12. The van der Waals surface area contributed by atoms with Gasteiger partial charge in [-0.05, 0) is 30.2 Å². The van der Waals surface area contributed by atoms with Crippen molar-refractivity contribution in [3.63, 3.8) is 0 Å². The lowest BCUT2D eigenvalue weighted by Gasteiger charge is -2.13. The zero-order valence-electron chi connectivity index (χ0n) is 16.8. The molecule has 9 nitrogen and oxygen atoms in total. The highest BCUT2D eigenvalue weighted by Crippen LogP contribution is 2.25. The van der Waals surface area contributed by atoms with Crippen LogP contribution in [0.1, 0.15) is 28.5 Å². The Kier molecular flexibility index (Phi) is 6.36. The molecule has 0 radical (unpaired) electrons. The lowest BCUT2D eigenvalue weighted by molar-refractivity contribution is 0.0976. The molecule has 2 heterocycles. The fraction of sp³-hybridized carbons (Fsp3) is 0.250. The van der Waals surface area contributed by atoms with Gasteiger partial charge in [0.25, 0.3) is 15.9 Å². The summed E-state index contributed by atoms with van der Waals surface area (Å²) in [4.78, 5) is 16.6. The third kappa shape index (κ3) is 4.60. The zero-order chi connectivity index (χ0) is 21.7. The highest BCUT2D eigenvalue weighted by Gasteiger charge is 2.24. The number of methoxy groups -OCH3 is 2. The van der Waals surface area contributed by atoms with Crippen LogP contribution in [0.3, 0.4) is 0 Å². The SMILES string of the molecule is CCc1ccc(OC)c(S(=O)(=O)NC(=O)c2cc(OC)c(Cn3cccn3)cn2)c1. The second kappa shape index (κ2) is 8.95. The minimum Gasteiger partial charge on any atom is -0.496 e. The van der Waals surface area contributed by atoms with E-state index in [2.05, 4.69) is 10.1 Å². The summed E-state index contributed by atoms with van der Waals surface area (Å²) in [6.07, 6.45) is 5.52. The summed E-state index contributed by atoms with van der Waals surface area (Å²) in [6, 6.07) is 7.99. The van der Waals surface area contributed by atoms with E-state index in [-0.39, 0.29) is 16.3 Å². The van der Waals surface area contributed by atoms with Crippen LogP contribution in [0.15, 0.2) is 53.8 Å². The molecule has 0 spiro atoms. The fourth-order valence-electron chi connectivity index (χ4n) is 2.85. The van der Waals surface area contributed by atoms with E-state index in [9.17, 15) is 13.2 Å². The number of amides is 1. The number of carbonyl (C=O) groups excluding carboxylic acids is 1. The van der Waals surface area contributed by atoms with Crippen molar-refractivity contribution in [3.8, 4) is 11.5 Å². The maximum absolute atomic E-state index is 12.8. The quantitative estimate of drug-likeness (QED) is 0.582. The summed E-state index contributed by atoms with van der Waals surface area (Å²) in [5.74, 6) is -0.330. The van der Waals surface area contributed by atoms with Crippen molar-refractivity contribution < 1.29 is 22.7 Å². The van der Waals surface area contributed by atoms with Crippen LogP contribution in [0.4, 0.5) is 0 Å². The number of benzene rings is 1. The Morgan fingerprint density at radius 2 is 1.93 bits per heavy atom. The molecule has 30 heavy (non-hydrogen) atoms. The van der Waals surface area contributed by atoms with Crippen LogP contribution >= 0.6 is 0 Å². The Bertz CT molecular complexity index is 1140. The lowest BCUT2D eigenvalue weighted by Crippen LogP contribution is -2.31. The Hall–Kier alpha value is -3.40. The summed E-state index contributed by atoms with van der Waals surface area (Å²) in [5.41, 5.74) is 1.40. The van der Waals surface area contributed by atoms with Crippen LogP contribution in [0.2, 0.25) is 0 Å². The summed E-state index contributed by atoms with van der Waals surface area (Å²) in [7, 11) is -1.35. The van der Waals surface area contributed by atoms with Gasteiger partial charge >= 0.3 is 0 Å². The van der Waals surface area contributed by atoms with Gasteiger partial charge in [0.05, 0.1) is 20.8 Å². The molecule has 0 unspecified atom stereocenters. The molecule has 0 aliphatic heterocycles. The number of rotatable bonds is 8. The van der Waals surface area contributed by atoms with Crippen molar-refractivity contribution in [1.29, 1.82) is 0 Å². The van der Waals surface area contributed by atoms with Crippen LogP contribution in [-0.4, -0.2) is 43.3 Å². The molecule has 1 amide bonds. The molecule has 1 N–H and O–H groups in total. The van der Waals surface area contributed by atoms with Gasteiger partial charge in [-0.25, -0.2) is 13.1 Å². The average Bonchev–Trinajstić information content (AvgIpc) is 3.26. The van der Waals surface area contributed by atoms with Crippen molar-refractivity contribution in [2.45, 2.75) is 24.8 Å². The average molecular weight is 430 g/mol. The van der Waals surface area contributed by atoms with E-state index in [1.54, 1.807) is 35.3 Å². The predicted molar refractivity (Wildman–Crippen MR) is 109 cm³/mol.